The number of nitrogens with zero attached hydrogens (tertiary/aromatic N) is 2. The van der Waals surface area contributed by atoms with Gasteiger partial charge in [0.1, 0.15) is 5.92 Å². The maximum Gasteiger partial charge on any atom is 0.244 e. The first kappa shape index (κ1) is 12.6. The molecule has 3 nitrogen and oxygen atoms in total. The minimum absolute atomic E-state index is 0.0735. The molecule has 94 valence electrons. The van der Waals surface area contributed by atoms with Gasteiger partial charge < -0.3 is 4.90 Å². The third-order valence-corrected chi connectivity index (χ3v) is 3.73. The molecule has 18 heavy (non-hydrogen) atoms. The van der Waals surface area contributed by atoms with Gasteiger partial charge in [-0.1, -0.05) is 43.2 Å². The van der Waals surface area contributed by atoms with Crippen LogP contribution in [-0.4, -0.2) is 23.9 Å². The smallest absolute Gasteiger partial charge is 0.244 e. The van der Waals surface area contributed by atoms with E-state index in [0.29, 0.717) is 6.04 Å². The van der Waals surface area contributed by atoms with Gasteiger partial charge in [0.05, 0.1) is 6.07 Å². The summed E-state index contributed by atoms with van der Waals surface area (Å²) in [7, 11) is 1.82. The summed E-state index contributed by atoms with van der Waals surface area (Å²) in [5.41, 5.74) is 0.787. The average molecular weight is 242 g/mol. The van der Waals surface area contributed by atoms with Crippen molar-refractivity contribution in [2.24, 2.45) is 0 Å². The molecule has 1 fully saturated rings. The highest BCUT2D eigenvalue weighted by molar-refractivity contribution is 5.86. The van der Waals surface area contributed by atoms with E-state index in [1.807, 2.05) is 37.4 Å². The lowest BCUT2D eigenvalue weighted by Crippen LogP contribution is -2.38. The van der Waals surface area contributed by atoms with Crippen LogP contribution in [0.2, 0.25) is 0 Å². The van der Waals surface area contributed by atoms with Crippen molar-refractivity contribution in [2.45, 2.75) is 37.6 Å². The van der Waals surface area contributed by atoms with Gasteiger partial charge in [0.25, 0.3) is 0 Å². The van der Waals surface area contributed by atoms with E-state index in [1.165, 1.54) is 12.8 Å². The van der Waals surface area contributed by atoms with Gasteiger partial charge in [0.15, 0.2) is 0 Å². The van der Waals surface area contributed by atoms with Crippen molar-refractivity contribution in [3.8, 4) is 6.07 Å². The third kappa shape index (κ3) is 2.53. The highest BCUT2D eigenvalue weighted by Gasteiger charge is 2.29. The fourth-order valence-corrected chi connectivity index (χ4v) is 2.59. The molecule has 1 aliphatic rings. The van der Waals surface area contributed by atoms with Crippen LogP contribution in [-0.2, 0) is 4.79 Å². The van der Waals surface area contributed by atoms with E-state index < -0.39 is 5.92 Å². The Morgan fingerprint density at radius 3 is 2.50 bits per heavy atom. The van der Waals surface area contributed by atoms with Gasteiger partial charge in [-0.25, -0.2) is 0 Å². The van der Waals surface area contributed by atoms with E-state index >= 15 is 0 Å². The van der Waals surface area contributed by atoms with Gasteiger partial charge in [-0.2, -0.15) is 5.26 Å². The van der Waals surface area contributed by atoms with E-state index in [0.717, 1.165) is 18.4 Å². The van der Waals surface area contributed by atoms with Crippen molar-refractivity contribution in [3.05, 3.63) is 35.9 Å². The molecular weight excluding hydrogens is 224 g/mol. The standard InChI is InChI=1S/C15H18N2O/c1-17(13-9-5-6-10-13)15(18)14(11-16)12-7-3-2-4-8-12/h2-4,7-8,13-14H,5-6,9-10H2,1H3. The molecule has 0 bridgehead atoms. The molecule has 0 aliphatic heterocycles. The lowest BCUT2D eigenvalue weighted by molar-refractivity contribution is -0.132. The Morgan fingerprint density at radius 2 is 1.94 bits per heavy atom. The van der Waals surface area contributed by atoms with E-state index in [-0.39, 0.29) is 5.91 Å². The number of amides is 1. The Labute approximate surface area is 108 Å². The van der Waals surface area contributed by atoms with Crippen molar-refractivity contribution in [3.63, 3.8) is 0 Å². The molecule has 1 aromatic carbocycles. The number of hydrogen-bond acceptors (Lipinski definition) is 2. The van der Waals surface area contributed by atoms with Gasteiger partial charge >= 0.3 is 0 Å². The quantitative estimate of drug-likeness (QED) is 0.818. The lowest BCUT2D eigenvalue weighted by Gasteiger charge is -2.26. The first-order chi connectivity index (χ1) is 8.74. The maximum absolute atomic E-state index is 12.4. The number of hydrogen-bond donors (Lipinski definition) is 0. The highest BCUT2D eigenvalue weighted by atomic mass is 16.2. The third-order valence-electron chi connectivity index (χ3n) is 3.73. The van der Waals surface area contributed by atoms with Gasteiger partial charge in [0.2, 0.25) is 5.91 Å². The van der Waals surface area contributed by atoms with E-state index in [2.05, 4.69) is 6.07 Å². The summed E-state index contributed by atoms with van der Waals surface area (Å²) in [6.07, 6.45) is 4.50. The second kappa shape index (κ2) is 5.68. The fraction of sp³-hybridized carbons (Fsp3) is 0.467. The van der Waals surface area contributed by atoms with Crippen LogP contribution < -0.4 is 0 Å². The number of benzene rings is 1. The molecule has 1 aliphatic carbocycles. The van der Waals surface area contributed by atoms with Gasteiger partial charge in [0, 0.05) is 13.1 Å². The van der Waals surface area contributed by atoms with E-state index in [4.69, 9.17) is 0 Å². The Kier molecular flexibility index (Phi) is 3.99. The molecule has 3 heteroatoms. The molecule has 1 atom stereocenters. The van der Waals surface area contributed by atoms with Crippen LogP contribution in [0.15, 0.2) is 30.3 Å². The molecule has 0 heterocycles. The molecule has 0 saturated heterocycles. The van der Waals surface area contributed by atoms with Crippen molar-refractivity contribution in [1.82, 2.24) is 4.90 Å². The summed E-state index contributed by atoms with van der Waals surface area (Å²) in [5.74, 6) is -0.743. The first-order valence-corrected chi connectivity index (χ1v) is 6.45. The normalized spacial score (nSPS) is 17.1. The molecular formula is C15H18N2O. The molecule has 2 rings (SSSR count). The zero-order valence-corrected chi connectivity index (χ0v) is 10.7. The van der Waals surface area contributed by atoms with Gasteiger partial charge in [-0.3, -0.25) is 4.79 Å². The molecule has 1 saturated carbocycles. The molecule has 1 aromatic rings. The number of nitriles is 1. The van der Waals surface area contributed by atoms with E-state index in [1.54, 1.807) is 4.90 Å². The van der Waals surface area contributed by atoms with Crippen LogP contribution in [0.5, 0.6) is 0 Å². The summed E-state index contributed by atoms with van der Waals surface area (Å²) in [4.78, 5) is 14.1. The number of likely N-dealkylation sites (N-methyl/N-ethyl adjacent to an activating group) is 1. The predicted molar refractivity (Wildman–Crippen MR) is 69.8 cm³/mol. The minimum Gasteiger partial charge on any atom is -0.341 e. The molecule has 0 radical (unpaired) electrons. The highest BCUT2D eigenvalue weighted by Crippen LogP contribution is 2.25. The van der Waals surface area contributed by atoms with Crippen LogP contribution >= 0.6 is 0 Å². The van der Waals surface area contributed by atoms with Crippen LogP contribution in [0.25, 0.3) is 0 Å². The largest absolute Gasteiger partial charge is 0.341 e. The fourth-order valence-electron chi connectivity index (χ4n) is 2.59. The number of carbonyl (C=O) groups excluding carboxylic acids is 1. The van der Waals surface area contributed by atoms with Gasteiger partial charge in [-0.15, -0.1) is 0 Å². The second-order valence-electron chi connectivity index (χ2n) is 4.86. The van der Waals surface area contributed by atoms with Gasteiger partial charge in [-0.05, 0) is 18.4 Å². The SMILES string of the molecule is CN(C(=O)C(C#N)c1ccccc1)C1CCCC1. The van der Waals surface area contributed by atoms with Crippen LogP contribution in [0, 0.1) is 11.3 Å². The molecule has 0 spiro atoms. The number of carbonyl (C=O) groups is 1. The van der Waals surface area contributed by atoms with Crippen molar-refractivity contribution in [2.75, 3.05) is 7.05 Å². The van der Waals surface area contributed by atoms with Crippen LogP contribution in [0.4, 0.5) is 0 Å². The Balaban J connectivity index is 2.13. The summed E-state index contributed by atoms with van der Waals surface area (Å²) in [6.45, 7) is 0. The molecule has 0 aromatic heterocycles. The van der Waals surface area contributed by atoms with Crippen molar-refractivity contribution in [1.29, 1.82) is 5.26 Å². The second-order valence-corrected chi connectivity index (χ2v) is 4.86. The summed E-state index contributed by atoms with van der Waals surface area (Å²) in [6, 6.07) is 11.8. The summed E-state index contributed by atoms with van der Waals surface area (Å²) in [5, 5.41) is 9.24. The number of rotatable bonds is 3. The predicted octanol–water partition coefficient (Wildman–Crippen LogP) is 2.69. The Hall–Kier alpha value is -1.82. The topological polar surface area (TPSA) is 44.1 Å². The zero-order valence-electron chi connectivity index (χ0n) is 10.7. The Bertz CT molecular complexity index is 443. The Morgan fingerprint density at radius 1 is 1.33 bits per heavy atom. The molecule has 0 N–H and O–H groups in total. The average Bonchev–Trinajstić information content (AvgIpc) is 2.94. The van der Waals surface area contributed by atoms with Crippen LogP contribution in [0.3, 0.4) is 0 Å². The van der Waals surface area contributed by atoms with Crippen molar-refractivity contribution >= 4 is 5.91 Å². The first-order valence-electron chi connectivity index (χ1n) is 6.45. The van der Waals surface area contributed by atoms with E-state index in [9.17, 15) is 10.1 Å². The minimum atomic E-state index is -0.670. The molecule has 1 unspecified atom stereocenters. The maximum atomic E-state index is 12.4. The molecule has 1 amide bonds. The summed E-state index contributed by atoms with van der Waals surface area (Å²) < 4.78 is 0. The summed E-state index contributed by atoms with van der Waals surface area (Å²) >= 11 is 0. The van der Waals surface area contributed by atoms with Crippen molar-refractivity contribution < 1.29 is 4.79 Å². The van der Waals surface area contributed by atoms with Crippen LogP contribution in [0.1, 0.15) is 37.2 Å². The monoisotopic (exact) mass is 242 g/mol. The lowest BCUT2D eigenvalue weighted by atomic mass is 9.98. The zero-order chi connectivity index (χ0) is 13.0.